The fourth-order valence-corrected chi connectivity index (χ4v) is 2.68. The van der Waals surface area contributed by atoms with E-state index in [-0.39, 0.29) is 11.7 Å². The largest absolute Gasteiger partial charge is 0.506 e. The van der Waals surface area contributed by atoms with E-state index < -0.39 is 0 Å². The average molecular weight is 262 g/mol. The highest BCUT2D eigenvalue weighted by Crippen LogP contribution is 2.34. The molecule has 4 heteroatoms. The molecule has 2 heterocycles. The summed E-state index contributed by atoms with van der Waals surface area (Å²) in [7, 11) is 0. The molecule has 1 fully saturated rings. The molecule has 104 valence electrons. The van der Waals surface area contributed by atoms with Gasteiger partial charge in [-0.1, -0.05) is 20.8 Å². The monoisotopic (exact) mass is 262 g/mol. The Kier molecular flexibility index (Phi) is 3.78. The van der Waals surface area contributed by atoms with Gasteiger partial charge in [0.15, 0.2) is 0 Å². The quantitative estimate of drug-likeness (QED) is 0.846. The summed E-state index contributed by atoms with van der Waals surface area (Å²) >= 11 is 0. The Hall–Kier alpha value is -1.58. The first-order valence-electron chi connectivity index (χ1n) is 6.81. The number of aromatic nitrogens is 1. The van der Waals surface area contributed by atoms with Crippen LogP contribution in [0, 0.1) is 11.3 Å². The summed E-state index contributed by atoms with van der Waals surface area (Å²) in [6, 6.07) is 1.48. The van der Waals surface area contributed by atoms with Crippen LogP contribution in [0.25, 0.3) is 0 Å². The standard InChI is InChI=1S/C15H22N2O2/c1-15(2,3)12-4-6-17(7-5-12)14(19)11-8-13(18)10-16-9-11/h8-10,12,18H,4-7H2,1-3H3. The maximum Gasteiger partial charge on any atom is 0.255 e. The van der Waals surface area contributed by atoms with E-state index in [9.17, 15) is 9.90 Å². The van der Waals surface area contributed by atoms with E-state index in [1.807, 2.05) is 4.90 Å². The Bertz CT molecular complexity index is 457. The maximum atomic E-state index is 12.3. The van der Waals surface area contributed by atoms with Gasteiger partial charge in [-0.2, -0.15) is 0 Å². The molecule has 0 aromatic carbocycles. The Morgan fingerprint density at radius 2 is 1.95 bits per heavy atom. The molecule has 4 nitrogen and oxygen atoms in total. The molecule has 2 rings (SSSR count). The molecule has 0 saturated carbocycles. The summed E-state index contributed by atoms with van der Waals surface area (Å²) in [5.41, 5.74) is 0.774. The summed E-state index contributed by atoms with van der Waals surface area (Å²) in [6.45, 7) is 8.35. The number of hydrogen-bond donors (Lipinski definition) is 1. The maximum absolute atomic E-state index is 12.3. The van der Waals surface area contributed by atoms with Crippen molar-refractivity contribution in [3.05, 3.63) is 24.0 Å². The molecule has 0 unspecified atom stereocenters. The topological polar surface area (TPSA) is 53.4 Å². The molecular formula is C15H22N2O2. The van der Waals surface area contributed by atoms with Gasteiger partial charge >= 0.3 is 0 Å². The molecule has 1 amide bonds. The van der Waals surface area contributed by atoms with Crippen LogP contribution in [0.4, 0.5) is 0 Å². The minimum atomic E-state index is -0.0317. The highest BCUT2D eigenvalue weighted by molar-refractivity contribution is 5.94. The van der Waals surface area contributed by atoms with Crippen LogP contribution in [0.5, 0.6) is 5.75 Å². The summed E-state index contributed by atoms with van der Waals surface area (Å²) < 4.78 is 0. The van der Waals surface area contributed by atoms with Gasteiger partial charge in [0.25, 0.3) is 5.91 Å². The van der Waals surface area contributed by atoms with Crippen molar-refractivity contribution in [2.24, 2.45) is 11.3 Å². The lowest BCUT2D eigenvalue weighted by Gasteiger charge is -2.38. The zero-order chi connectivity index (χ0) is 14.0. The molecule has 0 radical (unpaired) electrons. The van der Waals surface area contributed by atoms with Gasteiger partial charge in [-0.25, -0.2) is 0 Å². The van der Waals surface area contributed by atoms with Gasteiger partial charge in [-0.3, -0.25) is 9.78 Å². The van der Waals surface area contributed by atoms with E-state index in [4.69, 9.17) is 0 Å². The summed E-state index contributed by atoms with van der Waals surface area (Å²) in [6.07, 6.45) is 4.93. The van der Waals surface area contributed by atoms with Crippen molar-refractivity contribution in [2.45, 2.75) is 33.6 Å². The summed E-state index contributed by atoms with van der Waals surface area (Å²) in [5, 5.41) is 9.38. The van der Waals surface area contributed by atoms with Gasteiger partial charge in [0.2, 0.25) is 0 Å². The minimum Gasteiger partial charge on any atom is -0.506 e. The third-order valence-corrected chi connectivity index (χ3v) is 3.98. The van der Waals surface area contributed by atoms with E-state index in [0.29, 0.717) is 16.9 Å². The molecule has 0 spiro atoms. The number of nitrogens with zero attached hydrogens (tertiary/aromatic N) is 2. The van der Waals surface area contributed by atoms with Crippen LogP contribution in [0.15, 0.2) is 18.5 Å². The van der Waals surface area contributed by atoms with Crippen LogP contribution in [-0.2, 0) is 0 Å². The van der Waals surface area contributed by atoms with Gasteiger partial charge < -0.3 is 10.0 Å². The van der Waals surface area contributed by atoms with Gasteiger partial charge in [-0.15, -0.1) is 0 Å². The first kappa shape index (κ1) is 13.8. The van der Waals surface area contributed by atoms with Crippen molar-refractivity contribution in [3.8, 4) is 5.75 Å². The van der Waals surface area contributed by atoms with Crippen molar-refractivity contribution >= 4 is 5.91 Å². The van der Waals surface area contributed by atoms with Crippen LogP contribution >= 0.6 is 0 Å². The van der Waals surface area contributed by atoms with Crippen molar-refractivity contribution in [2.75, 3.05) is 13.1 Å². The predicted octanol–water partition coefficient (Wildman–Crippen LogP) is 2.69. The van der Waals surface area contributed by atoms with Gasteiger partial charge in [0.05, 0.1) is 11.8 Å². The normalized spacial score (nSPS) is 17.5. The van der Waals surface area contributed by atoms with Crippen molar-refractivity contribution in [1.29, 1.82) is 0 Å². The summed E-state index contributed by atoms with van der Waals surface area (Å²) in [5.74, 6) is 0.671. The molecule has 0 atom stereocenters. The molecule has 0 bridgehead atoms. The number of rotatable bonds is 1. The smallest absolute Gasteiger partial charge is 0.255 e. The number of carbonyl (C=O) groups excluding carboxylic acids is 1. The average Bonchev–Trinajstić information content (AvgIpc) is 2.37. The second-order valence-electron chi connectivity index (χ2n) is 6.36. The molecule has 19 heavy (non-hydrogen) atoms. The third kappa shape index (κ3) is 3.25. The number of aromatic hydroxyl groups is 1. The Morgan fingerprint density at radius 1 is 1.32 bits per heavy atom. The Labute approximate surface area is 114 Å². The van der Waals surface area contributed by atoms with Crippen molar-refractivity contribution in [1.82, 2.24) is 9.88 Å². The SMILES string of the molecule is CC(C)(C)C1CCN(C(=O)c2cncc(O)c2)CC1. The van der Waals surface area contributed by atoms with Crippen LogP contribution in [-0.4, -0.2) is 34.0 Å². The van der Waals surface area contributed by atoms with E-state index in [2.05, 4.69) is 25.8 Å². The van der Waals surface area contributed by atoms with Crippen LogP contribution in [0.3, 0.4) is 0 Å². The molecule has 1 aromatic heterocycles. The van der Waals surface area contributed by atoms with Crippen molar-refractivity contribution in [3.63, 3.8) is 0 Å². The van der Waals surface area contributed by atoms with E-state index in [1.165, 1.54) is 18.5 Å². The number of carbonyl (C=O) groups is 1. The first-order valence-corrected chi connectivity index (χ1v) is 6.81. The van der Waals surface area contributed by atoms with Crippen molar-refractivity contribution < 1.29 is 9.90 Å². The van der Waals surface area contributed by atoms with Gasteiger partial charge in [0, 0.05) is 19.3 Å². The van der Waals surface area contributed by atoms with Crippen LogP contribution in [0.1, 0.15) is 44.0 Å². The summed E-state index contributed by atoms with van der Waals surface area (Å²) in [4.78, 5) is 18.0. The number of piperidine rings is 1. The molecular weight excluding hydrogens is 240 g/mol. The number of likely N-dealkylation sites (tertiary alicyclic amines) is 1. The van der Waals surface area contributed by atoms with Gasteiger partial charge in [-0.05, 0) is 30.2 Å². The molecule has 1 aliphatic rings. The lowest BCUT2D eigenvalue weighted by Crippen LogP contribution is -2.41. The second-order valence-corrected chi connectivity index (χ2v) is 6.36. The number of amides is 1. The van der Waals surface area contributed by atoms with Crippen LogP contribution < -0.4 is 0 Å². The molecule has 1 saturated heterocycles. The fraction of sp³-hybridized carbons (Fsp3) is 0.600. The fourth-order valence-electron chi connectivity index (χ4n) is 2.68. The molecule has 1 aliphatic heterocycles. The van der Waals surface area contributed by atoms with Crippen LogP contribution in [0.2, 0.25) is 0 Å². The minimum absolute atomic E-state index is 0.0317. The highest BCUT2D eigenvalue weighted by atomic mass is 16.3. The zero-order valence-corrected chi connectivity index (χ0v) is 11.9. The molecule has 1 aromatic rings. The first-order chi connectivity index (χ1) is 8.88. The third-order valence-electron chi connectivity index (χ3n) is 3.98. The van der Waals surface area contributed by atoms with Gasteiger partial charge in [0.1, 0.15) is 5.75 Å². The van der Waals surface area contributed by atoms with E-state index in [1.54, 1.807) is 0 Å². The predicted molar refractivity (Wildman–Crippen MR) is 74.0 cm³/mol. The highest BCUT2D eigenvalue weighted by Gasteiger charge is 2.30. The lowest BCUT2D eigenvalue weighted by atomic mass is 9.75. The zero-order valence-electron chi connectivity index (χ0n) is 11.9. The number of hydrogen-bond acceptors (Lipinski definition) is 3. The lowest BCUT2D eigenvalue weighted by molar-refractivity contribution is 0.0608. The Morgan fingerprint density at radius 3 is 2.47 bits per heavy atom. The second kappa shape index (κ2) is 5.19. The molecule has 0 aliphatic carbocycles. The van der Waals surface area contributed by atoms with E-state index >= 15 is 0 Å². The Balaban J connectivity index is 2.00. The number of pyridine rings is 1. The van der Waals surface area contributed by atoms with E-state index in [0.717, 1.165) is 25.9 Å². The molecule has 1 N–H and O–H groups in total.